The summed E-state index contributed by atoms with van der Waals surface area (Å²) in [6.45, 7) is 14.1. The summed E-state index contributed by atoms with van der Waals surface area (Å²) in [7, 11) is 0. The second-order valence-electron chi connectivity index (χ2n) is 22.6. The van der Waals surface area contributed by atoms with E-state index in [2.05, 4.69) is 236 Å². The Hall–Kier alpha value is -8.46. The lowest BCUT2D eigenvalue weighted by molar-refractivity contribution is 0.653. The van der Waals surface area contributed by atoms with Gasteiger partial charge in [0.1, 0.15) is 22.3 Å². The molecule has 0 saturated heterocycles. The minimum absolute atomic E-state index is 0.122. The Morgan fingerprint density at radius 3 is 1.16 bits per heavy atom. The van der Waals surface area contributed by atoms with E-state index in [1.807, 2.05) is 0 Å². The smallest absolute Gasteiger partial charge is 0.143 e. The third-order valence-electron chi connectivity index (χ3n) is 17.9. The fraction of sp³-hybridized carbons (Fsp3) is 0.127. The quantitative estimate of drug-likeness (QED) is 0.165. The van der Waals surface area contributed by atoms with Gasteiger partial charge in [0.05, 0.1) is 0 Å². The van der Waals surface area contributed by atoms with E-state index in [9.17, 15) is 0 Å². The molecule has 2 heterocycles. The molecule has 2 nitrogen and oxygen atoms in total. The first-order valence-corrected chi connectivity index (χ1v) is 25.9. The zero-order chi connectivity index (χ0) is 48.9. The predicted molar refractivity (Wildman–Crippen MR) is 305 cm³/mol. The zero-order valence-corrected chi connectivity index (χ0v) is 41.8. The van der Waals surface area contributed by atoms with Crippen LogP contribution in [0.3, 0.4) is 0 Å². The SMILES string of the molecule is CC1(C)c2ccccc2-c2ccc(-c3ccc4c(-c5cccc6c5oc5c7c(ccc56)C(C)(C)c5ccccc5-7)c5ccccc5c(-c5cccc6c5oc5c7c(ccc56)C(C)(C)c5ccccc5-7)c4c3)cc21. The van der Waals surface area contributed by atoms with Gasteiger partial charge in [-0.05, 0) is 100 Å². The third-order valence-corrected chi connectivity index (χ3v) is 17.9. The van der Waals surface area contributed by atoms with Crippen molar-refractivity contribution in [1.82, 2.24) is 0 Å². The van der Waals surface area contributed by atoms with Gasteiger partial charge in [-0.1, -0.05) is 224 Å². The van der Waals surface area contributed by atoms with Gasteiger partial charge in [-0.2, -0.15) is 0 Å². The lowest BCUT2D eigenvalue weighted by Gasteiger charge is -2.22. The molecule has 0 amide bonds. The highest BCUT2D eigenvalue weighted by molar-refractivity contribution is 6.27. The third kappa shape index (κ3) is 5.18. The average Bonchev–Trinajstić information content (AvgIpc) is 4.17. The molecule has 2 aromatic heterocycles. The first kappa shape index (κ1) is 41.2. The zero-order valence-electron chi connectivity index (χ0n) is 41.8. The monoisotopic (exact) mass is 934 g/mol. The molecular weight excluding hydrogens is 885 g/mol. The van der Waals surface area contributed by atoms with Gasteiger partial charge in [-0.3, -0.25) is 0 Å². The molecule has 73 heavy (non-hydrogen) atoms. The normalized spacial score (nSPS) is 15.3. The summed E-state index contributed by atoms with van der Waals surface area (Å²) in [5.41, 5.74) is 25.9. The van der Waals surface area contributed by atoms with Crippen LogP contribution in [0.5, 0.6) is 0 Å². The van der Waals surface area contributed by atoms with Crippen LogP contribution >= 0.6 is 0 Å². The number of hydrogen-bond acceptors (Lipinski definition) is 2. The lowest BCUT2D eigenvalue weighted by Crippen LogP contribution is -2.14. The van der Waals surface area contributed by atoms with Gasteiger partial charge in [0.25, 0.3) is 0 Å². The van der Waals surface area contributed by atoms with Gasteiger partial charge in [0, 0.05) is 71.2 Å². The molecule has 0 bridgehead atoms. The minimum Gasteiger partial charge on any atom is -0.455 e. The van der Waals surface area contributed by atoms with E-state index >= 15 is 0 Å². The van der Waals surface area contributed by atoms with Gasteiger partial charge < -0.3 is 8.83 Å². The molecule has 0 radical (unpaired) electrons. The molecule has 346 valence electrons. The van der Waals surface area contributed by atoms with Crippen LogP contribution in [0, 0.1) is 0 Å². The maximum Gasteiger partial charge on any atom is 0.143 e. The number of para-hydroxylation sites is 2. The van der Waals surface area contributed by atoms with Crippen molar-refractivity contribution in [3.05, 3.63) is 228 Å². The summed E-state index contributed by atoms with van der Waals surface area (Å²) in [6.07, 6.45) is 0. The number of rotatable bonds is 3. The van der Waals surface area contributed by atoms with Crippen molar-refractivity contribution in [3.63, 3.8) is 0 Å². The van der Waals surface area contributed by atoms with Crippen LogP contribution in [-0.4, -0.2) is 0 Å². The molecule has 3 aliphatic carbocycles. The lowest BCUT2D eigenvalue weighted by atomic mass is 9.81. The fourth-order valence-electron chi connectivity index (χ4n) is 14.3. The Balaban J connectivity index is 0.998. The molecule has 11 aromatic carbocycles. The predicted octanol–water partition coefficient (Wildman–Crippen LogP) is 19.7. The van der Waals surface area contributed by atoms with Crippen molar-refractivity contribution < 1.29 is 8.83 Å². The van der Waals surface area contributed by atoms with Crippen LogP contribution in [0.4, 0.5) is 0 Å². The van der Waals surface area contributed by atoms with Crippen molar-refractivity contribution in [3.8, 4) is 66.8 Å². The molecule has 2 heteroatoms. The summed E-state index contributed by atoms with van der Waals surface area (Å²) < 4.78 is 14.8. The highest BCUT2D eigenvalue weighted by atomic mass is 16.3. The van der Waals surface area contributed by atoms with E-state index < -0.39 is 0 Å². The Morgan fingerprint density at radius 2 is 0.603 bits per heavy atom. The van der Waals surface area contributed by atoms with Crippen LogP contribution < -0.4 is 0 Å². The van der Waals surface area contributed by atoms with Crippen molar-refractivity contribution in [2.45, 2.75) is 57.8 Å². The standard InChI is InChI=1S/C71H50O2/c1-69(2)56-27-13-10-20-50(56)63-58(69)35-33-48-46-22-15-24-52(65(46)72-67(48)63)61-43-18-7-8-19-44(43)62(54-37-39(30-32-45(54)61)40-29-31-42-41-17-9-12-26-55(41)71(5,6)60(42)38-40)53-25-16-23-47-49-34-36-59-64(68(49)73-66(47)53)51-21-11-14-28-57(51)70(59,3)4/h7-38H,1-6H3. The molecule has 0 N–H and O–H groups in total. The molecular formula is C71H50O2. The molecule has 0 unspecified atom stereocenters. The van der Waals surface area contributed by atoms with Crippen LogP contribution in [0.15, 0.2) is 203 Å². The number of hydrogen-bond donors (Lipinski definition) is 0. The second kappa shape index (κ2) is 13.9. The average molecular weight is 935 g/mol. The summed E-state index contributed by atoms with van der Waals surface area (Å²) in [4.78, 5) is 0. The van der Waals surface area contributed by atoms with Crippen LogP contribution in [0.25, 0.3) is 132 Å². The van der Waals surface area contributed by atoms with Crippen molar-refractivity contribution in [2.24, 2.45) is 0 Å². The first-order chi connectivity index (χ1) is 35.5. The van der Waals surface area contributed by atoms with Gasteiger partial charge >= 0.3 is 0 Å². The van der Waals surface area contributed by atoms with E-state index in [1.165, 1.54) is 111 Å². The van der Waals surface area contributed by atoms with E-state index in [4.69, 9.17) is 8.83 Å². The molecule has 0 atom stereocenters. The maximum absolute atomic E-state index is 7.42. The summed E-state index contributed by atoms with van der Waals surface area (Å²) in [5, 5.41) is 9.22. The molecule has 0 aliphatic heterocycles. The van der Waals surface area contributed by atoms with E-state index in [0.717, 1.165) is 55.0 Å². The number of benzene rings is 11. The van der Waals surface area contributed by atoms with Crippen molar-refractivity contribution >= 4 is 65.4 Å². The molecule has 0 spiro atoms. The fourth-order valence-corrected chi connectivity index (χ4v) is 14.3. The topological polar surface area (TPSA) is 26.3 Å². The van der Waals surface area contributed by atoms with Crippen LogP contribution in [0.1, 0.15) is 74.9 Å². The van der Waals surface area contributed by atoms with Crippen LogP contribution in [-0.2, 0) is 16.2 Å². The molecule has 13 aromatic rings. The summed E-state index contributed by atoms with van der Waals surface area (Å²) in [6, 6.07) is 72.7. The van der Waals surface area contributed by atoms with Crippen molar-refractivity contribution in [2.75, 3.05) is 0 Å². The van der Waals surface area contributed by atoms with Crippen molar-refractivity contribution in [1.29, 1.82) is 0 Å². The first-order valence-electron chi connectivity index (χ1n) is 25.9. The van der Waals surface area contributed by atoms with E-state index in [-0.39, 0.29) is 16.2 Å². The van der Waals surface area contributed by atoms with Gasteiger partial charge in [0.15, 0.2) is 0 Å². The Labute approximate surface area is 424 Å². The summed E-state index contributed by atoms with van der Waals surface area (Å²) >= 11 is 0. The highest BCUT2D eigenvalue weighted by Crippen LogP contribution is 2.57. The molecule has 3 aliphatic rings. The number of furan rings is 2. The van der Waals surface area contributed by atoms with Gasteiger partial charge in [-0.15, -0.1) is 0 Å². The van der Waals surface area contributed by atoms with Gasteiger partial charge in [0.2, 0.25) is 0 Å². The minimum atomic E-state index is -0.139. The van der Waals surface area contributed by atoms with E-state index in [1.54, 1.807) is 0 Å². The Bertz CT molecular complexity index is 4640. The van der Waals surface area contributed by atoms with Crippen LogP contribution in [0.2, 0.25) is 0 Å². The number of fused-ring (bicyclic) bond motifs is 19. The summed E-state index contributed by atoms with van der Waals surface area (Å²) in [5.74, 6) is 0. The van der Waals surface area contributed by atoms with E-state index in [0.29, 0.717) is 0 Å². The molecule has 0 saturated carbocycles. The Morgan fingerprint density at radius 1 is 0.233 bits per heavy atom. The maximum atomic E-state index is 7.42. The Kier molecular flexibility index (Phi) is 7.86. The highest BCUT2D eigenvalue weighted by Gasteiger charge is 2.40. The van der Waals surface area contributed by atoms with Gasteiger partial charge in [-0.25, -0.2) is 0 Å². The second-order valence-corrected chi connectivity index (χ2v) is 22.6. The molecule has 16 rings (SSSR count). The largest absolute Gasteiger partial charge is 0.455 e. The molecule has 0 fully saturated rings.